The Labute approximate surface area is 181 Å². The van der Waals surface area contributed by atoms with Gasteiger partial charge in [0.2, 0.25) is 5.91 Å². The molecule has 1 atom stereocenters. The van der Waals surface area contributed by atoms with Crippen LogP contribution in [0, 0.1) is 5.82 Å². The predicted octanol–water partition coefficient (Wildman–Crippen LogP) is 4.75. The lowest BCUT2D eigenvalue weighted by Gasteiger charge is -2.23. The first-order valence-electron chi connectivity index (χ1n) is 9.14. The van der Waals surface area contributed by atoms with Gasteiger partial charge in [0, 0.05) is 23.6 Å². The summed E-state index contributed by atoms with van der Waals surface area (Å²) in [6.07, 6.45) is 2.70. The van der Waals surface area contributed by atoms with Crippen molar-refractivity contribution in [1.29, 1.82) is 0 Å². The normalized spacial score (nSPS) is 11.6. The van der Waals surface area contributed by atoms with Crippen LogP contribution in [0.25, 0.3) is 0 Å². The van der Waals surface area contributed by atoms with E-state index in [1.165, 1.54) is 35.6 Å². The molecule has 30 heavy (non-hydrogen) atoms. The molecule has 1 N–H and O–H groups in total. The summed E-state index contributed by atoms with van der Waals surface area (Å²) in [5.41, 5.74) is 1.04. The SMILES string of the molecule is CC(NC(=O)c1ccoc1)C(=O)N(C)Cc1ccccc1Oc1ccc(Br)cc1F. The number of ether oxygens (including phenoxy) is 1. The Balaban J connectivity index is 1.68. The van der Waals surface area contributed by atoms with Crippen molar-refractivity contribution in [3.8, 4) is 11.5 Å². The van der Waals surface area contributed by atoms with Crippen molar-refractivity contribution in [2.45, 2.75) is 19.5 Å². The second kappa shape index (κ2) is 9.58. The lowest BCUT2D eigenvalue weighted by atomic mass is 10.1. The third-order valence-corrected chi connectivity index (χ3v) is 4.86. The lowest BCUT2D eigenvalue weighted by molar-refractivity contribution is -0.132. The average Bonchev–Trinajstić information content (AvgIpc) is 3.25. The number of nitrogens with zero attached hydrogens (tertiary/aromatic N) is 1. The minimum Gasteiger partial charge on any atom is -0.472 e. The van der Waals surface area contributed by atoms with Crippen molar-refractivity contribution >= 4 is 27.7 Å². The molecule has 0 bridgehead atoms. The van der Waals surface area contributed by atoms with Gasteiger partial charge in [-0.15, -0.1) is 0 Å². The number of furan rings is 1. The van der Waals surface area contributed by atoms with Crippen molar-refractivity contribution in [3.05, 3.63) is 82.5 Å². The lowest BCUT2D eigenvalue weighted by Crippen LogP contribution is -2.45. The largest absolute Gasteiger partial charge is 0.472 e. The molecule has 0 radical (unpaired) electrons. The maximum absolute atomic E-state index is 14.1. The van der Waals surface area contributed by atoms with Crippen LogP contribution < -0.4 is 10.1 Å². The van der Waals surface area contributed by atoms with Gasteiger partial charge in [-0.25, -0.2) is 4.39 Å². The molecule has 0 aliphatic carbocycles. The van der Waals surface area contributed by atoms with Crippen LogP contribution in [0.2, 0.25) is 0 Å². The molecule has 0 spiro atoms. The van der Waals surface area contributed by atoms with Gasteiger partial charge < -0.3 is 19.4 Å². The molecule has 2 amide bonds. The maximum Gasteiger partial charge on any atom is 0.255 e. The Bertz CT molecular complexity index is 1040. The Morgan fingerprint density at radius 3 is 2.67 bits per heavy atom. The molecule has 1 aromatic heterocycles. The van der Waals surface area contributed by atoms with Crippen LogP contribution in [0.3, 0.4) is 0 Å². The first-order valence-corrected chi connectivity index (χ1v) is 9.93. The van der Waals surface area contributed by atoms with E-state index in [0.717, 1.165) is 0 Å². The fourth-order valence-electron chi connectivity index (χ4n) is 2.81. The zero-order valence-corrected chi connectivity index (χ0v) is 18.0. The molecule has 0 aliphatic rings. The molecule has 0 saturated heterocycles. The Hall–Kier alpha value is -3.13. The molecular formula is C22H20BrFN2O4. The number of carbonyl (C=O) groups excluding carboxylic acids is 2. The third kappa shape index (κ3) is 5.27. The van der Waals surface area contributed by atoms with Crippen LogP contribution in [0.5, 0.6) is 11.5 Å². The minimum atomic E-state index is -0.741. The van der Waals surface area contributed by atoms with Crippen LogP contribution in [-0.4, -0.2) is 29.8 Å². The second-order valence-electron chi connectivity index (χ2n) is 6.69. The summed E-state index contributed by atoms with van der Waals surface area (Å²) >= 11 is 3.21. The molecule has 1 unspecified atom stereocenters. The summed E-state index contributed by atoms with van der Waals surface area (Å²) in [6, 6.07) is 12.4. The molecule has 3 aromatic rings. The van der Waals surface area contributed by atoms with Crippen molar-refractivity contribution in [2.75, 3.05) is 7.05 Å². The van der Waals surface area contributed by atoms with Crippen molar-refractivity contribution in [1.82, 2.24) is 10.2 Å². The topological polar surface area (TPSA) is 71.8 Å². The van der Waals surface area contributed by atoms with Gasteiger partial charge in [0.1, 0.15) is 18.1 Å². The standard InChI is InChI=1S/C22H20BrFN2O4/c1-14(25-21(27)16-9-10-29-13-16)22(28)26(2)12-15-5-3-4-6-19(15)30-20-8-7-17(23)11-18(20)24/h3-11,13-14H,12H2,1-2H3,(H,25,27). The molecule has 8 heteroatoms. The summed E-state index contributed by atoms with van der Waals surface area (Å²) in [4.78, 5) is 26.3. The summed E-state index contributed by atoms with van der Waals surface area (Å²) < 4.78 is 25.4. The number of para-hydroxylation sites is 1. The zero-order valence-electron chi connectivity index (χ0n) is 16.4. The van der Waals surface area contributed by atoms with E-state index in [9.17, 15) is 14.0 Å². The second-order valence-corrected chi connectivity index (χ2v) is 7.60. The van der Waals surface area contributed by atoms with E-state index in [-0.39, 0.29) is 18.2 Å². The van der Waals surface area contributed by atoms with E-state index in [1.807, 2.05) is 6.07 Å². The average molecular weight is 475 g/mol. The van der Waals surface area contributed by atoms with Gasteiger partial charge in [-0.1, -0.05) is 34.1 Å². The molecular weight excluding hydrogens is 455 g/mol. The number of benzene rings is 2. The van der Waals surface area contributed by atoms with Gasteiger partial charge in [-0.05, 0) is 37.3 Å². The van der Waals surface area contributed by atoms with Gasteiger partial charge in [-0.2, -0.15) is 0 Å². The highest BCUT2D eigenvalue weighted by molar-refractivity contribution is 9.10. The highest BCUT2D eigenvalue weighted by atomic mass is 79.9. The van der Waals surface area contributed by atoms with E-state index in [2.05, 4.69) is 21.2 Å². The van der Waals surface area contributed by atoms with Crippen LogP contribution >= 0.6 is 15.9 Å². The quantitative estimate of drug-likeness (QED) is 0.536. The van der Waals surface area contributed by atoms with Gasteiger partial charge in [0.25, 0.3) is 5.91 Å². The molecule has 156 valence electrons. The van der Waals surface area contributed by atoms with Crippen LogP contribution in [0.4, 0.5) is 4.39 Å². The number of rotatable bonds is 7. The maximum atomic E-state index is 14.1. The molecule has 1 heterocycles. The minimum absolute atomic E-state index is 0.0837. The zero-order chi connectivity index (χ0) is 21.7. The number of likely N-dealkylation sites (N-methyl/N-ethyl adjacent to an activating group) is 1. The van der Waals surface area contributed by atoms with E-state index in [1.54, 1.807) is 38.2 Å². The van der Waals surface area contributed by atoms with E-state index in [0.29, 0.717) is 21.3 Å². The van der Waals surface area contributed by atoms with Crippen molar-refractivity contribution < 1.29 is 23.1 Å². The Morgan fingerprint density at radius 2 is 1.97 bits per heavy atom. The van der Waals surface area contributed by atoms with Gasteiger partial charge in [-0.3, -0.25) is 9.59 Å². The molecule has 0 saturated carbocycles. The first kappa shape index (κ1) is 21.6. The van der Waals surface area contributed by atoms with E-state index < -0.39 is 17.8 Å². The molecule has 0 fully saturated rings. The number of hydrogen-bond donors (Lipinski definition) is 1. The summed E-state index contributed by atoms with van der Waals surface area (Å²) in [5, 5.41) is 2.64. The highest BCUT2D eigenvalue weighted by Crippen LogP contribution is 2.29. The molecule has 6 nitrogen and oxygen atoms in total. The molecule has 0 aliphatic heterocycles. The van der Waals surface area contributed by atoms with Crippen molar-refractivity contribution in [2.24, 2.45) is 0 Å². The smallest absolute Gasteiger partial charge is 0.255 e. The highest BCUT2D eigenvalue weighted by Gasteiger charge is 2.21. The monoisotopic (exact) mass is 474 g/mol. The van der Waals surface area contributed by atoms with E-state index >= 15 is 0 Å². The predicted molar refractivity (Wildman–Crippen MR) is 113 cm³/mol. The number of amides is 2. The van der Waals surface area contributed by atoms with Crippen LogP contribution in [0.1, 0.15) is 22.8 Å². The fourth-order valence-corrected chi connectivity index (χ4v) is 3.14. The number of hydrogen-bond acceptors (Lipinski definition) is 4. The summed E-state index contributed by atoms with van der Waals surface area (Å²) in [7, 11) is 1.62. The van der Waals surface area contributed by atoms with Crippen LogP contribution in [0.15, 0.2) is 69.9 Å². The van der Waals surface area contributed by atoms with Crippen molar-refractivity contribution in [3.63, 3.8) is 0 Å². The third-order valence-electron chi connectivity index (χ3n) is 4.37. The van der Waals surface area contributed by atoms with Gasteiger partial charge in [0.15, 0.2) is 11.6 Å². The number of nitrogens with one attached hydrogen (secondary N) is 1. The van der Waals surface area contributed by atoms with Gasteiger partial charge in [0.05, 0.1) is 11.8 Å². The van der Waals surface area contributed by atoms with Gasteiger partial charge >= 0.3 is 0 Å². The fraction of sp³-hybridized carbons (Fsp3) is 0.182. The first-order chi connectivity index (χ1) is 14.3. The van der Waals surface area contributed by atoms with Crippen LogP contribution in [-0.2, 0) is 11.3 Å². The Morgan fingerprint density at radius 1 is 1.20 bits per heavy atom. The summed E-state index contributed by atoms with van der Waals surface area (Å²) in [5.74, 6) is -0.656. The van der Waals surface area contributed by atoms with E-state index in [4.69, 9.17) is 9.15 Å². The summed E-state index contributed by atoms with van der Waals surface area (Å²) in [6.45, 7) is 1.83. The molecule has 3 rings (SSSR count). The Kier molecular flexibility index (Phi) is 6.89. The number of halogens is 2. The number of carbonyl (C=O) groups is 2. The molecule has 2 aromatic carbocycles.